The molecule has 1 aromatic carbocycles. The topological polar surface area (TPSA) is 214 Å². The second-order valence-electron chi connectivity index (χ2n) is 20.7. The lowest BCUT2D eigenvalue weighted by Crippen LogP contribution is -2.56. The van der Waals surface area contributed by atoms with E-state index < -0.39 is 76.6 Å². The molecule has 5 rings (SSSR count). The maximum atomic E-state index is 14.3. The van der Waals surface area contributed by atoms with Crippen LogP contribution >= 0.6 is 23.2 Å². The molecule has 68 heavy (non-hydrogen) atoms. The molecule has 19 nitrogen and oxygen atoms in total. The third-order valence-electron chi connectivity index (χ3n) is 10.0. The molecule has 1 N–H and O–H groups in total. The van der Waals surface area contributed by atoms with Gasteiger partial charge >= 0.3 is 30.3 Å². The number of nitrogens with one attached hydrogen (secondary N) is 1. The van der Waals surface area contributed by atoms with Gasteiger partial charge in [0.25, 0.3) is 0 Å². The SMILES string of the molecule is CC(C)(C)OC(=O)N(Cc1c(Cl)cccc1Cl)c1nc(-c2cnn(CC(=O)NC3CCN(C(=O)OC(C)(C)C)[C@@H](C(=O)OC4CCCC4)C3)c2)cnc1N(C(=O)OC(C)(C)C)C(=O)OC(C)(C)C. The first kappa shape index (κ1) is 53.3. The number of benzene rings is 1. The number of ether oxygens (including phenoxy) is 5. The van der Waals surface area contributed by atoms with Crippen molar-refractivity contribution in [3.63, 3.8) is 0 Å². The van der Waals surface area contributed by atoms with Crippen LogP contribution in [-0.2, 0) is 46.4 Å². The first-order valence-corrected chi connectivity index (χ1v) is 23.3. The molecule has 0 spiro atoms. The van der Waals surface area contributed by atoms with Gasteiger partial charge in [-0.1, -0.05) is 29.3 Å². The fourth-order valence-electron chi connectivity index (χ4n) is 7.21. The first-order valence-electron chi connectivity index (χ1n) is 22.6. The van der Waals surface area contributed by atoms with Gasteiger partial charge in [-0.2, -0.15) is 10.00 Å². The van der Waals surface area contributed by atoms with Gasteiger partial charge in [-0.3, -0.25) is 19.3 Å². The summed E-state index contributed by atoms with van der Waals surface area (Å²) in [6.45, 7) is 19.4. The Morgan fingerprint density at radius 3 is 1.87 bits per heavy atom. The Hall–Kier alpha value is -5.69. The summed E-state index contributed by atoms with van der Waals surface area (Å²) in [5, 5.41) is 7.75. The monoisotopic (exact) mass is 986 g/mol. The maximum Gasteiger partial charge on any atom is 0.425 e. The van der Waals surface area contributed by atoms with Crippen LogP contribution in [0.1, 0.15) is 127 Å². The average molecular weight is 988 g/mol. The van der Waals surface area contributed by atoms with E-state index in [2.05, 4.69) is 15.4 Å². The molecule has 3 heterocycles. The molecule has 1 saturated heterocycles. The predicted molar refractivity (Wildman–Crippen MR) is 253 cm³/mol. The quantitative estimate of drug-likeness (QED) is 0.148. The summed E-state index contributed by atoms with van der Waals surface area (Å²) in [7, 11) is 0. The largest absolute Gasteiger partial charge is 0.461 e. The van der Waals surface area contributed by atoms with E-state index in [1.54, 1.807) is 101 Å². The lowest BCUT2D eigenvalue weighted by Gasteiger charge is -2.39. The van der Waals surface area contributed by atoms with Gasteiger partial charge in [0.15, 0.2) is 11.6 Å². The molecular formula is C47H64Cl2N8O11. The zero-order valence-corrected chi connectivity index (χ0v) is 42.4. The second kappa shape index (κ2) is 21.3. The number of halogens is 2. The number of carbonyl (C=O) groups is 6. The van der Waals surface area contributed by atoms with E-state index in [1.165, 1.54) is 28.2 Å². The van der Waals surface area contributed by atoms with Crippen molar-refractivity contribution in [3.05, 3.63) is 52.4 Å². The zero-order chi connectivity index (χ0) is 50.5. The number of carbonyl (C=O) groups excluding carboxylic acids is 6. The van der Waals surface area contributed by atoms with Crippen molar-refractivity contribution in [3.8, 4) is 11.3 Å². The number of piperidine rings is 1. The molecular weight excluding hydrogens is 923 g/mol. The van der Waals surface area contributed by atoms with Crippen molar-refractivity contribution >= 4 is 71.1 Å². The minimum Gasteiger partial charge on any atom is -0.461 e. The molecule has 2 aromatic heterocycles. The number of nitrogens with zero attached hydrogens (tertiary/aromatic N) is 7. The van der Waals surface area contributed by atoms with Crippen molar-refractivity contribution in [1.29, 1.82) is 0 Å². The Balaban J connectivity index is 1.49. The number of hydrogen-bond acceptors (Lipinski definition) is 14. The number of imide groups is 1. The second-order valence-corrected chi connectivity index (χ2v) is 21.5. The highest BCUT2D eigenvalue weighted by Gasteiger charge is 2.42. The molecule has 1 aliphatic heterocycles. The van der Waals surface area contributed by atoms with Crippen molar-refractivity contribution in [2.45, 2.75) is 175 Å². The van der Waals surface area contributed by atoms with E-state index in [1.807, 2.05) is 0 Å². The lowest BCUT2D eigenvalue weighted by atomic mass is 9.97. The number of anilines is 2. The number of rotatable bonds is 10. The van der Waals surface area contributed by atoms with E-state index in [9.17, 15) is 28.8 Å². The summed E-state index contributed by atoms with van der Waals surface area (Å²) in [6, 6.07) is 3.33. The summed E-state index contributed by atoms with van der Waals surface area (Å²) in [6.07, 6.45) is 3.88. The summed E-state index contributed by atoms with van der Waals surface area (Å²) in [5.74, 6) is -1.78. The fraction of sp³-hybridized carbons (Fsp3) is 0.596. The molecule has 21 heteroatoms. The summed E-state index contributed by atoms with van der Waals surface area (Å²) in [5.41, 5.74) is -3.32. The Bertz CT molecular complexity index is 2290. The molecule has 372 valence electrons. The van der Waals surface area contributed by atoms with E-state index in [0.29, 0.717) is 16.9 Å². The van der Waals surface area contributed by atoms with Crippen LogP contribution in [0.4, 0.5) is 30.8 Å². The van der Waals surface area contributed by atoms with Crippen molar-refractivity contribution in [2.75, 3.05) is 16.3 Å². The summed E-state index contributed by atoms with van der Waals surface area (Å²) in [4.78, 5) is 95.0. The summed E-state index contributed by atoms with van der Waals surface area (Å²) < 4.78 is 29.9. The fourth-order valence-corrected chi connectivity index (χ4v) is 7.73. The van der Waals surface area contributed by atoms with E-state index >= 15 is 0 Å². The standard InChI is InChI=1S/C47H64Cl2N8O11/c1-44(2,3)65-40(60)55-21-20-29(22-35(55)39(59)64-30-16-13-14-17-30)52-36(58)27-54-25-28(23-51-54)34-24-50-37(57(42(62)67-46(7,8)9)43(63)68-47(10,11)12)38(53-34)56(41(61)66-45(4,5)6)26-31-32(48)18-15-19-33(31)49/h15,18-19,23-25,29-30,35H,13-14,16-17,20-22,26-27H2,1-12H3,(H,52,58)/t29?,35-/m1/s1. The maximum absolute atomic E-state index is 14.3. The number of likely N-dealkylation sites (tertiary alicyclic amines) is 1. The van der Waals surface area contributed by atoms with Gasteiger partial charge in [-0.05, 0) is 134 Å². The van der Waals surface area contributed by atoms with Gasteiger partial charge in [0.05, 0.1) is 24.6 Å². The smallest absolute Gasteiger partial charge is 0.425 e. The van der Waals surface area contributed by atoms with Crippen LogP contribution in [0, 0.1) is 0 Å². The van der Waals surface area contributed by atoms with Crippen molar-refractivity contribution in [2.24, 2.45) is 0 Å². The lowest BCUT2D eigenvalue weighted by molar-refractivity contribution is -0.157. The number of esters is 1. The minimum atomic E-state index is -1.18. The highest BCUT2D eigenvalue weighted by Crippen LogP contribution is 2.36. The molecule has 1 unspecified atom stereocenters. The zero-order valence-electron chi connectivity index (χ0n) is 40.9. The van der Waals surface area contributed by atoms with E-state index in [0.717, 1.165) is 30.6 Å². The normalized spacial score (nSPS) is 16.9. The van der Waals surface area contributed by atoms with Crippen LogP contribution in [0.15, 0.2) is 36.8 Å². The van der Waals surface area contributed by atoms with Crippen LogP contribution in [0.2, 0.25) is 10.0 Å². The highest BCUT2D eigenvalue weighted by molar-refractivity contribution is 6.36. The Kier molecular flexibility index (Phi) is 16.7. The summed E-state index contributed by atoms with van der Waals surface area (Å²) >= 11 is 13.3. The number of hydrogen-bond donors (Lipinski definition) is 1. The average Bonchev–Trinajstić information content (AvgIpc) is 3.88. The Morgan fingerprint density at radius 1 is 0.750 bits per heavy atom. The van der Waals surface area contributed by atoms with Crippen LogP contribution in [0.5, 0.6) is 0 Å². The first-order chi connectivity index (χ1) is 31.5. The van der Waals surface area contributed by atoms with Crippen molar-refractivity contribution in [1.82, 2.24) is 30.0 Å². The molecule has 1 aliphatic carbocycles. The van der Waals surface area contributed by atoms with E-state index in [4.69, 9.17) is 51.9 Å². The Labute approximate surface area is 407 Å². The van der Waals surface area contributed by atoms with Crippen LogP contribution < -0.4 is 15.1 Å². The number of aromatic nitrogens is 4. The molecule has 2 atom stereocenters. The molecule has 0 radical (unpaired) electrons. The van der Waals surface area contributed by atoms with Gasteiger partial charge in [-0.15, -0.1) is 0 Å². The predicted octanol–water partition coefficient (Wildman–Crippen LogP) is 9.64. The van der Waals surface area contributed by atoms with Gasteiger partial charge < -0.3 is 29.0 Å². The molecule has 5 amide bonds. The molecule has 2 aliphatic rings. The van der Waals surface area contributed by atoms with Gasteiger partial charge in [0, 0.05) is 40.0 Å². The van der Waals surface area contributed by atoms with Crippen LogP contribution in [0.3, 0.4) is 0 Å². The van der Waals surface area contributed by atoms with E-state index in [-0.39, 0.29) is 59.3 Å². The van der Waals surface area contributed by atoms with Gasteiger partial charge in [0.2, 0.25) is 5.91 Å². The van der Waals surface area contributed by atoms with Crippen LogP contribution in [-0.4, -0.2) is 108 Å². The molecule has 1 saturated carbocycles. The third kappa shape index (κ3) is 15.2. The van der Waals surface area contributed by atoms with Crippen LogP contribution in [0.25, 0.3) is 11.3 Å². The third-order valence-corrected chi connectivity index (χ3v) is 10.7. The number of amides is 5. The minimum absolute atomic E-state index is 0.0979. The van der Waals surface area contributed by atoms with Gasteiger partial charge in [0.1, 0.15) is 41.1 Å². The molecule has 3 aromatic rings. The molecule has 0 bridgehead atoms. The van der Waals surface area contributed by atoms with Gasteiger partial charge in [-0.25, -0.2) is 33.9 Å². The molecule has 2 fully saturated rings. The highest BCUT2D eigenvalue weighted by atomic mass is 35.5. The Morgan fingerprint density at radius 2 is 1.31 bits per heavy atom. The van der Waals surface area contributed by atoms with Crippen molar-refractivity contribution < 1.29 is 52.5 Å².